The second kappa shape index (κ2) is 5.31. The zero-order chi connectivity index (χ0) is 13.1. The van der Waals surface area contributed by atoms with Crippen molar-refractivity contribution in [3.8, 4) is 0 Å². The lowest BCUT2D eigenvalue weighted by atomic mass is 9.93. The molecule has 5 nitrogen and oxygen atoms in total. The predicted molar refractivity (Wildman–Crippen MR) is 67.6 cm³/mol. The van der Waals surface area contributed by atoms with Crippen LogP contribution >= 0.6 is 0 Å². The Morgan fingerprint density at radius 2 is 2.24 bits per heavy atom. The Labute approximate surface area is 103 Å². The van der Waals surface area contributed by atoms with Gasteiger partial charge in [-0.2, -0.15) is 5.10 Å². The van der Waals surface area contributed by atoms with Crippen LogP contribution in [0, 0.1) is 5.41 Å². The van der Waals surface area contributed by atoms with E-state index in [1.54, 1.807) is 28.9 Å². The van der Waals surface area contributed by atoms with E-state index in [1.165, 1.54) is 0 Å². The maximum absolute atomic E-state index is 12.2. The summed E-state index contributed by atoms with van der Waals surface area (Å²) in [6, 6.07) is 1.74. The number of aryl methyl sites for hydroxylation is 1. The molecule has 17 heavy (non-hydrogen) atoms. The number of carbonyl (C=O) groups is 1. The summed E-state index contributed by atoms with van der Waals surface area (Å²) in [5, 5.41) is 4.13. The van der Waals surface area contributed by atoms with Gasteiger partial charge in [0.1, 0.15) is 5.69 Å². The largest absolute Gasteiger partial charge is 0.337 e. The van der Waals surface area contributed by atoms with Crippen molar-refractivity contribution in [3.05, 3.63) is 18.0 Å². The molecule has 1 amide bonds. The lowest BCUT2D eigenvalue weighted by molar-refractivity contribution is 0.0694. The molecule has 0 spiro atoms. The van der Waals surface area contributed by atoms with Gasteiger partial charge in [0.15, 0.2) is 0 Å². The van der Waals surface area contributed by atoms with Crippen molar-refractivity contribution in [2.45, 2.75) is 20.8 Å². The Hall–Kier alpha value is -1.36. The van der Waals surface area contributed by atoms with Gasteiger partial charge in [0.2, 0.25) is 0 Å². The summed E-state index contributed by atoms with van der Waals surface area (Å²) < 4.78 is 1.63. The fourth-order valence-electron chi connectivity index (χ4n) is 1.60. The number of nitrogens with zero attached hydrogens (tertiary/aromatic N) is 3. The van der Waals surface area contributed by atoms with Gasteiger partial charge in [0, 0.05) is 26.3 Å². The third-order valence-electron chi connectivity index (χ3n) is 2.77. The molecule has 0 radical (unpaired) electrons. The first-order valence-electron chi connectivity index (χ1n) is 5.88. The molecule has 1 aromatic rings. The van der Waals surface area contributed by atoms with Gasteiger partial charge in [-0.05, 0) is 24.9 Å². The molecule has 0 atom stereocenters. The zero-order valence-corrected chi connectivity index (χ0v) is 11.1. The van der Waals surface area contributed by atoms with Crippen molar-refractivity contribution < 1.29 is 4.79 Å². The maximum atomic E-state index is 12.2. The summed E-state index contributed by atoms with van der Waals surface area (Å²) in [7, 11) is 1.80. The normalized spacial score (nSPS) is 11.6. The number of hydrogen-bond acceptors (Lipinski definition) is 3. The van der Waals surface area contributed by atoms with Crippen LogP contribution in [0.25, 0.3) is 0 Å². The van der Waals surface area contributed by atoms with Crippen LogP contribution in [0.5, 0.6) is 0 Å². The van der Waals surface area contributed by atoms with Crippen molar-refractivity contribution in [2.24, 2.45) is 18.2 Å². The molecule has 0 aliphatic carbocycles. The van der Waals surface area contributed by atoms with Crippen LogP contribution in [-0.2, 0) is 7.05 Å². The molecular formula is C12H22N4O. The monoisotopic (exact) mass is 238 g/mol. The van der Waals surface area contributed by atoms with Crippen LogP contribution in [0.15, 0.2) is 12.3 Å². The molecule has 5 heteroatoms. The number of amides is 1. The molecule has 0 bridgehead atoms. The van der Waals surface area contributed by atoms with Crippen molar-refractivity contribution in [1.82, 2.24) is 14.7 Å². The van der Waals surface area contributed by atoms with E-state index in [-0.39, 0.29) is 11.3 Å². The lowest BCUT2D eigenvalue weighted by Crippen LogP contribution is -2.42. The Morgan fingerprint density at radius 3 is 2.65 bits per heavy atom. The minimum atomic E-state index is -0.0690. The molecule has 0 saturated carbocycles. The lowest BCUT2D eigenvalue weighted by Gasteiger charge is -2.30. The van der Waals surface area contributed by atoms with Gasteiger partial charge in [0.25, 0.3) is 5.91 Å². The topological polar surface area (TPSA) is 64.2 Å². The smallest absolute Gasteiger partial charge is 0.274 e. The van der Waals surface area contributed by atoms with E-state index < -0.39 is 0 Å². The van der Waals surface area contributed by atoms with Crippen molar-refractivity contribution in [1.29, 1.82) is 0 Å². The van der Waals surface area contributed by atoms with E-state index in [9.17, 15) is 4.79 Å². The second-order valence-corrected chi connectivity index (χ2v) is 5.06. The molecule has 0 aromatic carbocycles. The highest BCUT2D eigenvalue weighted by molar-refractivity contribution is 5.92. The highest BCUT2D eigenvalue weighted by Gasteiger charge is 2.24. The molecule has 1 rings (SSSR count). The third-order valence-corrected chi connectivity index (χ3v) is 2.77. The van der Waals surface area contributed by atoms with E-state index in [0.29, 0.717) is 25.3 Å². The van der Waals surface area contributed by atoms with Gasteiger partial charge in [-0.15, -0.1) is 0 Å². The molecule has 2 N–H and O–H groups in total. The first kappa shape index (κ1) is 13.7. The van der Waals surface area contributed by atoms with E-state index in [2.05, 4.69) is 18.9 Å². The minimum absolute atomic E-state index is 0.0328. The third kappa shape index (κ3) is 3.56. The highest BCUT2D eigenvalue weighted by Crippen LogP contribution is 2.16. The van der Waals surface area contributed by atoms with E-state index in [1.807, 2.05) is 6.92 Å². The SMILES string of the molecule is CCN(CC(C)(C)CN)C(=O)c1ccn(C)n1. The molecule has 0 aliphatic rings. The van der Waals surface area contributed by atoms with Gasteiger partial charge in [-0.3, -0.25) is 9.48 Å². The number of aromatic nitrogens is 2. The number of rotatable bonds is 5. The molecule has 1 heterocycles. The Bertz CT molecular complexity index is 384. The summed E-state index contributed by atoms with van der Waals surface area (Å²) in [5.74, 6) is -0.0328. The van der Waals surface area contributed by atoms with Crippen LogP contribution in [-0.4, -0.2) is 40.2 Å². The average molecular weight is 238 g/mol. The molecule has 0 saturated heterocycles. The van der Waals surface area contributed by atoms with Gasteiger partial charge in [-0.1, -0.05) is 13.8 Å². The Morgan fingerprint density at radius 1 is 1.59 bits per heavy atom. The summed E-state index contributed by atoms with van der Waals surface area (Å²) in [6.07, 6.45) is 1.77. The van der Waals surface area contributed by atoms with Crippen molar-refractivity contribution >= 4 is 5.91 Å². The molecular weight excluding hydrogens is 216 g/mol. The first-order chi connectivity index (χ1) is 7.89. The molecule has 0 fully saturated rings. The molecule has 96 valence electrons. The Balaban J connectivity index is 2.78. The highest BCUT2D eigenvalue weighted by atomic mass is 16.2. The van der Waals surface area contributed by atoms with Crippen LogP contribution in [0.4, 0.5) is 0 Å². The van der Waals surface area contributed by atoms with Gasteiger partial charge in [-0.25, -0.2) is 0 Å². The average Bonchev–Trinajstić information content (AvgIpc) is 2.72. The van der Waals surface area contributed by atoms with E-state index >= 15 is 0 Å². The van der Waals surface area contributed by atoms with E-state index in [0.717, 1.165) is 0 Å². The summed E-state index contributed by atoms with van der Waals surface area (Å²) in [4.78, 5) is 14.0. The van der Waals surface area contributed by atoms with Crippen molar-refractivity contribution in [3.63, 3.8) is 0 Å². The van der Waals surface area contributed by atoms with Crippen molar-refractivity contribution in [2.75, 3.05) is 19.6 Å². The van der Waals surface area contributed by atoms with Crippen LogP contribution in [0.1, 0.15) is 31.3 Å². The zero-order valence-electron chi connectivity index (χ0n) is 11.1. The number of hydrogen-bond donors (Lipinski definition) is 1. The van der Waals surface area contributed by atoms with Gasteiger partial charge < -0.3 is 10.6 Å². The quantitative estimate of drug-likeness (QED) is 0.827. The second-order valence-electron chi connectivity index (χ2n) is 5.06. The van der Waals surface area contributed by atoms with Gasteiger partial charge in [0.05, 0.1) is 0 Å². The minimum Gasteiger partial charge on any atom is -0.337 e. The standard InChI is InChI=1S/C12H22N4O/c1-5-16(9-12(2,3)8-13)11(17)10-6-7-15(4)14-10/h6-7H,5,8-9,13H2,1-4H3. The van der Waals surface area contributed by atoms with Crippen LogP contribution in [0.2, 0.25) is 0 Å². The number of nitrogens with two attached hydrogens (primary N) is 1. The number of carbonyl (C=O) groups excluding carboxylic acids is 1. The molecule has 0 unspecified atom stereocenters. The maximum Gasteiger partial charge on any atom is 0.274 e. The molecule has 1 aromatic heterocycles. The van der Waals surface area contributed by atoms with E-state index in [4.69, 9.17) is 5.73 Å². The van der Waals surface area contributed by atoms with Gasteiger partial charge >= 0.3 is 0 Å². The van der Waals surface area contributed by atoms with Crippen LogP contribution in [0.3, 0.4) is 0 Å². The summed E-state index contributed by atoms with van der Waals surface area (Å²) >= 11 is 0. The fourth-order valence-corrected chi connectivity index (χ4v) is 1.60. The predicted octanol–water partition coefficient (Wildman–Crippen LogP) is 0.867. The summed E-state index contributed by atoms with van der Waals surface area (Å²) in [6.45, 7) is 7.95. The fraction of sp³-hybridized carbons (Fsp3) is 0.667. The first-order valence-corrected chi connectivity index (χ1v) is 5.88. The molecule has 0 aliphatic heterocycles. The van der Waals surface area contributed by atoms with Crippen LogP contribution < -0.4 is 5.73 Å². The Kier molecular flexibility index (Phi) is 4.28. The summed E-state index contributed by atoms with van der Waals surface area (Å²) in [5.41, 5.74) is 6.11.